The van der Waals surface area contributed by atoms with Crippen LogP contribution in [0.2, 0.25) is 0 Å². The van der Waals surface area contributed by atoms with Crippen LogP contribution in [0.15, 0.2) is 40.9 Å². The molecule has 3 rings (SSSR count). The van der Waals surface area contributed by atoms with E-state index < -0.39 is 0 Å². The number of benzene rings is 1. The number of halogens is 1. The van der Waals surface area contributed by atoms with Gasteiger partial charge in [-0.25, -0.2) is 4.39 Å². The molecule has 0 spiro atoms. The summed E-state index contributed by atoms with van der Waals surface area (Å²) < 4.78 is 13.2. The fourth-order valence-corrected chi connectivity index (χ4v) is 5.15. The molecule has 1 amide bonds. The highest BCUT2D eigenvalue weighted by Crippen LogP contribution is 2.55. The van der Waals surface area contributed by atoms with Crippen molar-refractivity contribution in [2.45, 2.75) is 71.8 Å². The third-order valence-corrected chi connectivity index (χ3v) is 6.92. The van der Waals surface area contributed by atoms with E-state index in [0.717, 1.165) is 49.9 Å². The minimum absolute atomic E-state index is 0.0347. The Morgan fingerprint density at radius 3 is 2.73 bits per heavy atom. The zero-order chi connectivity index (χ0) is 21.7. The number of hydrogen-bond acceptors (Lipinski definition) is 3. The van der Waals surface area contributed by atoms with E-state index in [4.69, 9.17) is 10.4 Å². The van der Waals surface area contributed by atoms with E-state index in [1.807, 2.05) is 6.92 Å². The summed E-state index contributed by atoms with van der Waals surface area (Å²) >= 11 is 0. The van der Waals surface area contributed by atoms with E-state index >= 15 is 0 Å². The Kier molecular flexibility index (Phi) is 7.22. The van der Waals surface area contributed by atoms with Crippen molar-refractivity contribution < 1.29 is 9.18 Å². The van der Waals surface area contributed by atoms with Gasteiger partial charge in [-0.05, 0) is 73.8 Å². The number of carbonyl (C=O) groups excluding carboxylic acids is 1. The van der Waals surface area contributed by atoms with Crippen LogP contribution < -0.4 is 5.32 Å². The summed E-state index contributed by atoms with van der Waals surface area (Å²) in [6, 6.07) is 6.42. The average Bonchev–Trinajstić information content (AvgIpc) is 3.04. The highest BCUT2D eigenvalue weighted by atomic mass is 19.1. The molecule has 162 valence electrons. The Bertz CT molecular complexity index is 829. The predicted molar refractivity (Wildman–Crippen MR) is 121 cm³/mol. The third kappa shape index (κ3) is 4.88. The molecule has 1 aromatic carbocycles. The van der Waals surface area contributed by atoms with Gasteiger partial charge in [-0.2, -0.15) is 0 Å². The van der Waals surface area contributed by atoms with Gasteiger partial charge in [0.25, 0.3) is 0 Å². The minimum Gasteiger partial charge on any atom is -0.353 e. The zero-order valence-electron chi connectivity index (χ0n) is 18.4. The Morgan fingerprint density at radius 1 is 1.37 bits per heavy atom. The van der Waals surface area contributed by atoms with Crippen LogP contribution in [-0.2, 0) is 4.79 Å². The molecule has 0 aromatic heterocycles. The van der Waals surface area contributed by atoms with Gasteiger partial charge in [0.1, 0.15) is 5.82 Å². The summed E-state index contributed by atoms with van der Waals surface area (Å²) in [5.74, 6) is 0.307. The number of hydrogen-bond donors (Lipinski definition) is 2. The fraction of sp³-hybridized carbons (Fsp3) is 0.560. The first kappa shape index (κ1) is 22.4. The van der Waals surface area contributed by atoms with E-state index in [0.29, 0.717) is 12.3 Å². The molecule has 1 aromatic rings. The normalized spacial score (nSPS) is 28.0. The Labute approximate surface area is 179 Å². The Balaban J connectivity index is 1.83. The first-order chi connectivity index (χ1) is 14.4. The van der Waals surface area contributed by atoms with Crippen molar-refractivity contribution >= 4 is 23.5 Å². The van der Waals surface area contributed by atoms with Crippen LogP contribution in [0.25, 0.3) is 0 Å². The van der Waals surface area contributed by atoms with Gasteiger partial charge in [-0.15, -0.1) is 0 Å². The second kappa shape index (κ2) is 9.67. The minimum atomic E-state index is -0.271. The van der Waals surface area contributed by atoms with Crippen LogP contribution in [0.1, 0.15) is 65.7 Å². The monoisotopic (exact) mass is 411 g/mol. The second-order valence-electron chi connectivity index (χ2n) is 8.96. The SMILES string of the molecule is CCCC(CC1CCC2=CC(=Nc3ccc(F)cc3)C(C=N)CC21C)NC(=O)CC. The quantitative estimate of drug-likeness (QED) is 0.507. The van der Waals surface area contributed by atoms with E-state index in [9.17, 15) is 9.18 Å². The van der Waals surface area contributed by atoms with Crippen molar-refractivity contribution in [2.75, 3.05) is 0 Å². The van der Waals surface area contributed by atoms with E-state index in [1.54, 1.807) is 12.1 Å². The maximum absolute atomic E-state index is 13.2. The Hall–Kier alpha value is -2.30. The third-order valence-electron chi connectivity index (χ3n) is 6.92. The van der Waals surface area contributed by atoms with Crippen LogP contribution in [0, 0.1) is 28.5 Å². The number of nitrogens with zero attached hydrogens (tertiary/aromatic N) is 1. The van der Waals surface area contributed by atoms with Gasteiger partial charge in [-0.3, -0.25) is 9.79 Å². The number of aliphatic imine (C=N–C) groups is 1. The molecule has 4 nitrogen and oxygen atoms in total. The van der Waals surface area contributed by atoms with Gasteiger partial charge in [0, 0.05) is 30.3 Å². The number of rotatable bonds is 8. The first-order valence-electron chi connectivity index (χ1n) is 11.2. The smallest absolute Gasteiger partial charge is 0.219 e. The molecule has 0 bridgehead atoms. The molecular formula is C25H34FN3O. The molecule has 2 aliphatic rings. The Morgan fingerprint density at radius 2 is 2.10 bits per heavy atom. The van der Waals surface area contributed by atoms with Gasteiger partial charge < -0.3 is 10.7 Å². The summed E-state index contributed by atoms with van der Waals surface area (Å²) in [5.41, 5.74) is 3.06. The van der Waals surface area contributed by atoms with Crippen molar-refractivity contribution in [2.24, 2.45) is 22.2 Å². The summed E-state index contributed by atoms with van der Waals surface area (Å²) in [4.78, 5) is 16.7. The van der Waals surface area contributed by atoms with Crippen molar-refractivity contribution in [1.29, 1.82) is 5.41 Å². The van der Waals surface area contributed by atoms with Gasteiger partial charge in [-0.1, -0.05) is 32.8 Å². The second-order valence-corrected chi connectivity index (χ2v) is 8.96. The van der Waals surface area contributed by atoms with Crippen molar-refractivity contribution in [3.8, 4) is 0 Å². The number of nitrogens with one attached hydrogen (secondary N) is 2. The molecule has 5 heteroatoms. The maximum atomic E-state index is 13.2. The zero-order valence-corrected chi connectivity index (χ0v) is 18.4. The molecular weight excluding hydrogens is 377 g/mol. The molecule has 0 radical (unpaired) electrons. The number of amides is 1. The lowest BCUT2D eigenvalue weighted by Crippen LogP contribution is -2.40. The molecule has 0 heterocycles. The number of carbonyl (C=O) groups is 1. The molecule has 1 fully saturated rings. The van der Waals surface area contributed by atoms with Gasteiger partial charge in [0.2, 0.25) is 5.91 Å². The van der Waals surface area contributed by atoms with Gasteiger partial charge in [0.15, 0.2) is 0 Å². The summed E-state index contributed by atoms with van der Waals surface area (Å²) in [5, 5.41) is 11.2. The van der Waals surface area contributed by atoms with E-state index in [2.05, 4.69) is 25.2 Å². The molecule has 30 heavy (non-hydrogen) atoms. The predicted octanol–water partition coefficient (Wildman–Crippen LogP) is 6.00. The number of allylic oxidation sites excluding steroid dienone is 2. The lowest BCUT2D eigenvalue weighted by molar-refractivity contribution is -0.121. The van der Waals surface area contributed by atoms with Crippen molar-refractivity contribution in [3.05, 3.63) is 41.7 Å². The largest absolute Gasteiger partial charge is 0.353 e. The molecule has 4 atom stereocenters. The highest BCUT2D eigenvalue weighted by molar-refractivity contribution is 6.07. The van der Waals surface area contributed by atoms with Crippen LogP contribution in [0.5, 0.6) is 0 Å². The molecule has 0 aliphatic heterocycles. The van der Waals surface area contributed by atoms with Crippen molar-refractivity contribution in [3.63, 3.8) is 0 Å². The summed E-state index contributed by atoms with van der Waals surface area (Å²) in [6.45, 7) is 6.39. The van der Waals surface area contributed by atoms with E-state index in [1.165, 1.54) is 23.9 Å². The maximum Gasteiger partial charge on any atom is 0.219 e. The molecule has 0 saturated heterocycles. The number of fused-ring (bicyclic) bond motifs is 1. The van der Waals surface area contributed by atoms with Gasteiger partial charge >= 0.3 is 0 Å². The van der Waals surface area contributed by atoms with Crippen LogP contribution >= 0.6 is 0 Å². The molecule has 2 N–H and O–H groups in total. The summed E-state index contributed by atoms with van der Waals surface area (Å²) in [7, 11) is 0. The average molecular weight is 412 g/mol. The topological polar surface area (TPSA) is 65.3 Å². The first-order valence-corrected chi connectivity index (χ1v) is 11.2. The molecule has 1 saturated carbocycles. The highest BCUT2D eigenvalue weighted by Gasteiger charge is 2.47. The van der Waals surface area contributed by atoms with Crippen molar-refractivity contribution in [1.82, 2.24) is 5.32 Å². The lowest BCUT2D eigenvalue weighted by Gasteiger charge is -2.40. The molecule has 4 unspecified atom stereocenters. The van der Waals surface area contributed by atoms with Gasteiger partial charge in [0.05, 0.1) is 5.69 Å². The fourth-order valence-electron chi connectivity index (χ4n) is 5.15. The lowest BCUT2D eigenvalue weighted by atomic mass is 9.65. The standard InChI is InChI=1S/C25H34FN3O/c1-4-6-22(29-24(30)5-2)13-18-7-8-19-14-23(17(16-27)15-25(18,19)3)28-21-11-9-20(26)10-12-21/h9-12,14,16-18,22,27H,4-8,13,15H2,1-3H3,(H,29,30). The molecule has 2 aliphatic carbocycles. The van der Waals surface area contributed by atoms with E-state index in [-0.39, 0.29) is 29.1 Å². The van der Waals surface area contributed by atoms with Crippen LogP contribution in [0.4, 0.5) is 10.1 Å². The summed E-state index contributed by atoms with van der Waals surface area (Å²) in [6.07, 6.45) is 10.3. The van der Waals surface area contributed by atoms with Crippen LogP contribution in [-0.4, -0.2) is 23.9 Å². The van der Waals surface area contributed by atoms with Crippen LogP contribution in [0.3, 0.4) is 0 Å².